The summed E-state index contributed by atoms with van der Waals surface area (Å²) in [6, 6.07) is 15.7. The van der Waals surface area contributed by atoms with E-state index in [0.717, 1.165) is 17.1 Å². The summed E-state index contributed by atoms with van der Waals surface area (Å²) in [7, 11) is 0. The number of hydrogen-bond donors (Lipinski definition) is 1. The summed E-state index contributed by atoms with van der Waals surface area (Å²) < 4.78 is 11.5. The zero-order chi connectivity index (χ0) is 13.9. The Morgan fingerprint density at radius 3 is 2.70 bits per heavy atom. The lowest BCUT2D eigenvalue weighted by Gasteiger charge is -2.12. The van der Waals surface area contributed by atoms with Crippen molar-refractivity contribution in [3.63, 3.8) is 0 Å². The van der Waals surface area contributed by atoms with Crippen molar-refractivity contribution in [1.29, 1.82) is 0 Å². The van der Waals surface area contributed by atoms with Gasteiger partial charge in [0.25, 0.3) is 0 Å². The summed E-state index contributed by atoms with van der Waals surface area (Å²) >= 11 is 0. The summed E-state index contributed by atoms with van der Waals surface area (Å²) in [5, 5.41) is 9.47. The third-order valence-electron chi connectivity index (χ3n) is 3.61. The molecule has 0 saturated heterocycles. The molecule has 0 bridgehead atoms. The molecule has 0 amide bonds. The van der Waals surface area contributed by atoms with E-state index >= 15 is 0 Å². The first-order chi connectivity index (χ1) is 9.74. The van der Waals surface area contributed by atoms with Crippen LogP contribution in [0.5, 0.6) is 11.5 Å². The minimum Gasteiger partial charge on any atom is -0.493 e. The number of para-hydroxylation sites is 1. The molecule has 3 rings (SSSR count). The van der Waals surface area contributed by atoms with E-state index in [1.54, 1.807) is 6.92 Å². The molecule has 1 heterocycles. The van der Waals surface area contributed by atoms with E-state index in [2.05, 4.69) is 6.07 Å². The summed E-state index contributed by atoms with van der Waals surface area (Å²) in [6.45, 7) is 3.03. The zero-order valence-corrected chi connectivity index (χ0v) is 11.5. The highest BCUT2D eigenvalue weighted by molar-refractivity contribution is 5.39. The lowest BCUT2D eigenvalue weighted by atomic mass is 10.0. The highest BCUT2D eigenvalue weighted by Gasteiger charge is 2.24. The molecule has 104 valence electrons. The van der Waals surface area contributed by atoms with Crippen LogP contribution in [-0.4, -0.2) is 18.3 Å². The van der Waals surface area contributed by atoms with Gasteiger partial charge in [0, 0.05) is 5.56 Å². The number of ether oxygens (including phenoxy) is 2. The van der Waals surface area contributed by atoms with Gasteiger partial charge in [0.2, 0.25) is 0 Å². The van der Waals surface area contributed by atoms with Gasteiger partial charge in [-0.25, -0.2) is 0 Å². The maximum atomic E-state index is 9.47. The van der Waals surface area contributed by atoms with Gasteiger partial charge in [0.15, 0.2) is 0 Å². The van der Waals surface area contributed by atoms with Crippen LogP contribution < -0.4 is 9.47 Å². The van der Waals surface area contributed by atoms with Crippen LogP contribution in [0.4, 0.5) is 0 Å². The normalized spacial score (nSPS) is 18.2. The number of fused-ring (bicyclic) bond motifs is 1. The lowest BCUT2D eigenvalue weighted by Crippen LogP contribution is -2.11. The van der Waals surface area contributed by atoms with Crippen molar-refractivity contribution in [2.75, 3.05) is 13.2 Å². The number of aliphatic hydroxyl groups excluding tert-OH is 1. The molecule has 2 aromatic carbocycles. The Kier molecular flexibility index (Phi) is 3.61. The van der Waals surface area contributed by atoms with Gasteiger partial charge in [-0.3, -0.25) is 0 Å². The van der Waals surface area contributed by atoms with Crippen LogP contribution in [0.1, 0.15) is 30.1 Å². The molecule has 0 spiro atoms. The molecule has 1 aliphatic rings. The number of aliphatic hydroxyl groups is 1. The molecule has 2 unspecified atom stereocenters. The molecule has 3 heteroatoms. The summed E-state index contributed by atoms with van der Waals surface area (Å²) in [5.41, 5.74) is 2.11. The molecule has 1 N–H and O–H groups in total. The molecule has 1 aliphatic heterocycles. The van der Waals surface area contributed by atoms with Crippen molar-refractivity contribution in [3.05, 3.63) is 59.7 Å². The fourth-order valence-corrected chi connectivity index (χ4v) is 2.41. The van der Waals surface area contributed by atoms with E-state index in [-0.39, 0.29) is 5.92 Å². The smallest absolute Gasteiger partial charge is 0.123 e. The SMILES string of the molecule is CC(O)c1ccc(OCC2COc3ccccc32)cc1. The minimum atomic E-state index is -0.445. The van der Waals surface area contributed by atoms with Crippen molar-refractivity contribution in [1.82, 2.24) is 0 Å². The average molecular weight is 270 g/mol. The first-order valence-corrected chi connectivity index (χ1v) is 6.86. The fourth-order valence-electron chi connectivity index (χ4n) is 2.41. The Balaban J connectivity index is 1.63. The van der Waals surface area contributed by atoms with Gasteiger partial charge < -0.3 is 14.6 Å². The van der Waals surface area contributed by atoms with Crippen molar-refractivity contribution in [2.45, 2.75) is 18.9 Å². The highest BCUT2D eigenvalue weighted by atomic mass is 16.5. The first-order valence-electron chi connectivity index (χ1n) is 6.86. The van der Waals surface area contributed by atoms with Crippen LogP contribution in [0.15, 0.2) is 48.5 Å². The first kappa shape index (κ1) is 13.0. The second-order valence-electron chi connectivity index (χ2n) is 5.10. The third kappa shape index (κ3) is 2.63. The largest absolute Gasteiger partial charge is 0.493 e. The van der Waals surface area contributed by atoms with Crippen LogP contribution in [-0.2, 0) is 0 Å². The predicted octanol–water partition coefficient (Wildman–Crippen LogP) is 3.29. The topological polar surface area (TPSA) is 38.7 Å². The van der Waals surface area contributed by atoms with E-state index < -0.39 is 6.10 Å². The molecule has 0 saturated carbocycles. The Morgan fingerprint density at radius 2 is 1.95 bits per heavy atom. The molecule has 2 aromatic rings. The van der Waals surface area contributed by atoms with Gasteiger partial charge in [-0.05, 0) is 30.7 Å². The lowest BCUT2D eigenvalue weighted by molar-refractivity contribution is 0.199. The van der Waals surface area contributed by atoms with E-state index in [0.29, 0.717) is 13.2 Å². The van der Waals surface area contributed by atoms with E-state index in [1.165, 1.54) is 5.56 Å². The second-order valence-corrected chi connectivity index (χ2v) is 5.10. The van der Waals surface area contributed by atoms with E-state index in [4.69, 9.17) is 9.47 Å². The van der Waals surface area contributed by atoms with Crippen LogP contribution >= 0.6 is 0 Å². The van der Waals surface area contributed by atoms with Crippen molar-refractivity contribution in [3.8, 4) is 11.5 Å². The Labute approximate surface area is 118 Å². The summed E-state index contributed by atoms with van der Waals surface area (Å²) in [6.07, 6.45) is -0.445. The molecule has 0 radical (unpaired) electrons. The molecule has 0 aliphatic carbocycles. The van der Waals surface area contributed by atoms with Gasteiger partial charge in [0.05, 0.1) is 25.2 Å². The monoisotopic (exact) mass is 270 g/mol. The number of benzene rings is 2. The zero-order valence-electron chi connectivity index (χ0n) is 11.5. The molecule has 20 heavy (non-hydrogen) atoms. The molecular formula is C17H18O3. The van der Waals surface area contributed by atoms with Gasteiger partial charge in [-0.1, -0.05) is 30.3 Å². The van der Waals surface area contributed by atoms with Gasteiger partial charge in [0.1, 0.15) is 11.5 Å². The van der Waals surface area contributed by atoms with Crippen molar-refractivity contribution < 1.29 is 14.6 Å². The summed E-state index contributed by atoms with van der Waals surface area (Å²) in [5.74, 6) is 2.06. The molecule has 2 atom stereocenters. The van der Waals surface area contributed by atoms with Gasteiger partial charge in [-0.15, -0.1) is 0 Å². The van der Waals surface area contributed by atoms with E-state index in [9.17, 15) is 5.11 Å². The van der Waals surface area contributed by atoms with E-state index in [1.807, 2.05) is 42.5 Å². The highest BCUT2D eigenvalue weighted by Crippen LogP contribution is 2.33. The van der Waals surface area contributed by atoms with Crippen molar-refractivity contribution in [2.24, 2.45) is 0 Å². The molecular weight excluding hydrogens is 252 g/mol. The average Bonchev–Trinajstić information content (AvgIpc) is 2.89. The van der Waals surface area contributed by atoms with Crippen LogP contribution in [0.2, 0.25) is 0 Å². The Bertz CT molecular complexity index is 575. The van der Waals surface area contributed by atoms with Crippen LogP contribution in [0, 0.1) is 0 Å². The number of rotatable bonds is 4. The van der Waals surface area contributed by atoms with Crippen molar-refractivity contribution >= 4 is 0 Å². The Hall–Kier alpha value is -2.00. The minimum absolute atomic E-state index is 0.280. The fraction of sp³-hybridized carbons (Fsp3) is 0.294. The maximum Gasteiger partial charge on any atom is 0.123 e. The predicted molar refractivity (Wildman–Crippen MR) is 77.2 cm³/mol. The molecule has 0 fully saturated rings. The second kappa shape index (κ2) is 5.55. The Morgan fingerprint density at radius 1 is 1.20 bits per heavy atom. The van der Waals surface area contributed by atoms with Gasteiger partial charge >= 0.3 is 0 Å². The maximum absolute atomic E-state index is 9.47. The quantitative estimate of drug-likeness (QED) is 0.926. The van der Waals surface area contributed by atoms with Gasteiger partial charge in [-0.2, -0.15) is 0 Å². The third-order valence-corrected chi connectivity index (χ3v) is 3.61. The molecule has 3 nitrogen and oxygen atoms in total. The van der Waals surface area contributed by atoms with Crippen LogP contribution in [0.25, 0.3) is 0 Å². The molecule has 0 aromatic heterocycles. The van der Waals surface area contributed by atoms with Crippen LogP contribution in [0.3, 0.4) is 0 Å². The summed E-state index contributed by atoms with van der Waals surface area (Å²) in [4.78, 5) is 0. The number of hydrogen-bond acceptors (Lipinski definition) is 3. The standard InChI is InChI=1S/C17H18O3/c1-12(18)13-6-8-15(9-7-13)19-10-14-11-20-17-5-3-2-4-16(14)17/h2-9,12,14,18H,10-11H2,1H3.